The molecule has 0 aliphatic rings. The summed E-state index contributed by atoms with van der Waals surface area (Å²) in [6, 6.07) is 0. The quantitative estimate of drug-likeness (QED) is 0.310. The molecule has 0 aromatic rings. The van der Waals surface area contributed by atoms with Crippen molar-refractivity contribution < 1.29 is 14.6 Å². The second-order valence-corrected chi connectivity index (χ2v) is 5.24. The summed E-state index contributed by atoms with van der Waals surface area (Å²) in [5, 5.41) is 8.28. The van der Waals surface area contributed by atoms with E-state index in [1.165, 1.54) is 0 Å². The Balaban J connectivity index is 3.53. The van der Waals surface area contributed by atoms with Crippen LogP contribution < -0.4 is 0 Å². The van der Waals surface area contributed by atoms with Gasteiger partial charge in [0.05, 0.1) is 13.0 Å². The van der Waals surface area contributed by atoms with Crippen LogP contribution in [-0.2, 0) is 9.53 Å². The lowest BCUT2D eigenvalue weighted by Gasteiger charge is -2.13. The minimum atomic E-state index is -0.952. The number of thiol groups is 3. The fraction of sp³-hybridized carbons (Fsp3) is 0.800. The molecule has 3 nitrogen and oxygen atoms in total. The van der Waals surface area contributed by atoms with Crippen molar-refractivity contribution in [3.05, 3.63) is 0 Å². The van der Waals surface area contributed by atoms with Gasteiger partial charge in [-0.3, -0.25) is 4.79 Å². The molecule has 6 heteroatoms. The maximum Gasteiger partial charge on any atom is 0.309 e. The third-order valence-electron chi connectivity index (χ3n) is 0.736. The molecule has 0 fully saturated rings. The number of carbonyl (C=O) groups is 1. The van der Waals surface area contributed by atoms with Crippen molar-refractivity contribution in [2.45, 2.75) is 9.83 Å². The van der Waals surface area contributed by atoms with Gasteiger partial charge in [-0.1, -0.05) is 0 Å². The smallest absolute Gasteiger partial charge is 0.309 e. The number of hydrogen-bond donors (Lipinski definition) is 4. The predicted octanol–water partition coefficient (Wildman–Crippen LogP) is 0.355. The molecule has 0 saturated carbocycles. The first kappa shape index (κ1) is 11.5. The summed E-state index contributed by atoms with van der Waals surface area (Å²) in [5.74, 6) is -0.473. The zero-order chi connectivity index (χ0) is 8.91. The van der Waals surface area contributed by atoms with E-state index in [0.29, 0.717) is 0 Å². The molecule has 66 valence electrons. The zero-order valence-corrected chi connectivity index (χ0v) is 8.41. The molecule has 1 N–H and O–H groups in total. The fourth-order valence-corrected chi connectivity index (χ4v) is 0.791. The number of rotatable bonds is 4. The minimum Gasteiger partial charge on any atom is -0.463 e. The van der Waals surface area contributed by atoms with Crippen LogP contribution in [0.15, 0.2) is 0 Å². The summed E-state index contributed by atoms with van der Waals surface area (Å²) < 4.78 is 3.58. The first-order chi connectivity index (χ1) is 4.95. The molecule has 0 saturated heterocycles. The molecule has 0 radical (unpaired) electrons. The van der Waals surface area contributed by atoms with Gasteiger partial charge in [-0.05, 0) is 0 Å². The van der Waals surface area contributed by atoms with Crippen molar-refractivity contribution in [1.82, 2.24) is 0 Å². The predicted molar refractivity (Wildman–Crippen MR) is 52.4 cm³/mol. The molecule has 0 aliphatic carbocycles. The van der Waals surface area contributed by atoms with E-state index in [1.54, 1.807) is 0 Å². The van der Waals surface area contributed by atoms with E-state index >= 15 is 0 Å². The fourth-order valence-electron chi connectivity index (χ4n) is 0.404. The van der Waals surface area contributed by atoms with Gasteiger partial charge in [-0.25, -0.2) is 0 Å². The highest BCUT2D eigenvalue weighted by molar-refractivity contribution is 8.17. The van der Waals surface area contributed by atoms with E-state index in [4.69, 9.17) is 5.11 Å². The summed E-state index contributed by atoms with van der Waals surface area (Å²) in [7, 11) is 0. The van der Waals surface area contributed by atoms with E-state index < -0.39 is 9.38 Å². The van der Waals surface area contributed by atoms with Crippen molar-refractivity contribution in [3.63, 3.8) is 0 Å². The zero-order valence-electron chi connectivity index (χ0n) is 5.73. The van der Waals surface area contributed by atoms with Gasteiger partial charge >= 0.3 is 5.97 Å². The molecule has 0 atom stereocenters. The van der Waals surface area contributed by atoms with Crippen molar-refractivity contribution in [2.75, 3.05) is 13.2 Å². The number of ether oxygens (including phenoxy) is 1. The average Bonchev–Trinajstić information content (AvgIpc) is 1.79. The number of esters is 1. The van der Waals surface area contributed by atoms with Crippen molar-refractivity contribution >= 4 is 43.9 Å². The molecule has 0 aromatic heterocycles. The summed E-state index contributed by atoms with van der Waals surface area (Å²) >= 11 is 11.6. The summed E-state index contributed by atoms with van der Waals surface area (Å²) in [5.41, 5.74) is 0. The van der Waals surface area contributed by atoms with Gasteiger partial charge in [0.1, 0.15) is 10.0 Å². The lowest BCUT2D eigenvalue weighted by Crippen LogP contribution is -2.16. The Bertz CT molecular complexity index is 131. The van der Waals surface area contributed by atoms with Gasteiger partial charge in [0.25, 0.3) is 0 Å². The van der Waals surface area contributed by atoms with Crippen LogP contribution in [0.3, 0.4) is 0 Å². The largest absolute Gasteiger partial charge is 0.463 e. The van der Waals surface area contributed by atoms with Crippen LogP contribution in [-0.4, -0.2) is 27.7 Å². The van der Waals surface area contributed by atoms with Crippen molar-refractivity contribution in [1.29, 1.82) is 0 Å². The summed E-state index contributed by atoms with van der Waals surface area (Å²) in [6.07, 6.45) is -0.0116. The number of aliphatic hydroxyl groups excluding tert-OH is 1. The molecule has 0 unspecified atom stereocenters. The average molecular weight is 214 g/mol. The van der Waals surface area contributed by atoms with Crippen LogP contribution in [0.4, 0.5) is 0 Å². The molecule has 0 aliphatic heterocycles. The number of carbonyl (C=O) groups excluding carboxylic acids is 1. The lowest BCUT2D eigenvalue weighted by molar-refractivity contribution is -0.144. The Morgan fingerprint density at radius 1 is 1.45 bits per heavy atom. The third-order valence-corrected chi connectivity index (χ3v) is 1.21. The first-order valence-electron chi connectivity index (χ1n) is 2.89. The van der Waals surface area contributed by atoms with Gasteiger partial charge in [-0.2, -0.15) is 37.9 Å². The highest BCUT2D eigenvalue weighted by Gasteiger charge is 2.19. The molecule has 0 spiro atoms. The molecule has 0 rings (SSSR count). The third kappa shape index (κ3) is 8.39. The second-order valence-electron chi connectivity index (χ2n) is 1.90. The Morgan fingerprint density at radius 2 is 2.00 bits per heavy atom. The van der Waals surface area contributed by atoms with Gasteiger partial charge in [0.2, 0.25) is 0 Å². The van der Waals surface area contributed by atoms with Gasteiger partial charge in [0, 0.05) is 0 Å². The Hall–Kier alpha value is 0.480. The standard InChI is InChI=1S/C5H10O3S3/c6-1-2-8-4(7)3-5(9,10)11/h6,9-11H,1-3H2. The topological polar surface area (TPSA) is 46.5 Å². The van der Waals surface area contributed by atoms with Crippen molar-refractivity contribution in [3.8, 4) is 0 Å². The van der Waals surface area contributed by atoms with E-state index in [9.17, 15) is 4.79 Å². The van der Waals surface area contributed by atoms with Crippen LogP contribution in [0.25, 0.3) is 0 Å². The van der Waals surface area contributed by atoms with Gasteiger partial charge in [0.15, 0.2) is 0 Å². The highest BCUT2D eigenvalue weighted by Crippen LogP contribution is 2.28. The van der Waals surface area contributed by atoms with E-state index in [0.717, 1.165) is 0 Å². The van der Waals surface area contributed by atoms with Crippen LogP contribution in [0.5, 0.6) is 0 Å². The van der Waals surface area contributed by atoms with Crippen molar-refractivity contribution in [2.24, 2.45) is 0 Å². The molecule has 0 amide bonds. The first-order valence-corrected chi connectivity index (χ1v) is 4.23. The van der Waals surface area contributed by atoms with Crippen LogP contribution in [0, 0.1) is 0 Å². The molecular formula is C5H10O3S3. The molecule has 11 heavy (non-hydrogen) atoms. The second kappa shape index (κ2) is 5.18. The Kier molecular flexibility index (Phi) is 5.41. The lowest BCUT2D eigenvalue weighted by atomic mass is 10.5. The Morgan fingerprint density at radius 3 is 2.36 bits per heavy atom. The summed E-state index contributed by atoms with van der Waals surface area (Å²) in [4.78, 5) is 10.7. The minimum absolute atomic E-state index is 0.00421. The monoisotopic (exact) mass is 214 g/mol. The normalized spacial score (nSPS) is 11.3. The molecule has 0 heterocycles. The molecular weight excluding hydrogens is 204 g/mol. The van der Waals surface area contributed by atoms with Crippen LogP contribution >= 0.6 is 37.9 Å². The van der Waals surface area contributed by atoms with E-state index in [-0.39, 0.29) is 19.6 Å². The van der Waals surface area contributed by atoms with Gasteiger partial charge in [-0.15, -0.1) is 0 Å². The van der Waals surface area contributed by atoms with E-state index in [1.807, 2.05) is 0 Å². The number of aliphatic hydroxyl groups is 1. The summed E-state index contributed by atoms with van der Waals surface area (Å²) in [6.45, 7) is -0.172. The van der Waals surface area contributed by atoms with Crippen LogP contribution in [0.1, 0.15) is 6.42 Å². The van der Waals surface area contributed by atoms with E-state index in [2.05, 4.69) is 42.6 Å². The highest BCUT2D eigenvalue weighted by atomic mass is 32.2. The SMILES string of the molecule is O=C(CC(S)(S)S)OCCO. The maximum atomic E-state index is 10.7. The Labute approximate surface area is 81.7 Å². The molecule has 0 aromatic carbocycles. The maximum absolute atomic E-state index is 10.7. The van der Waals surface area contributed by atoms with Crippen LogP contribution in [0.2, 0.25) is 0 Å². The van der Waals surface area contributed by atoms with Gasteiger partial charge < -0.3 is 9.84 Å². The molecule has 0 bridgehead atoms. The number of hydrogen-bond acceptors (Lipinski definition) is 6.